The van der Waals surface area contributed by atoms with Crippen LogP contribution in [0, 0.1) is 12.7 Å². The van der Waals surface area contributed by atoms with Gasteiger partial charge in [-0.05, 0) is 54.4 Å². The lowest BCUT2D eigenvalue weighted by molar-refractivity contribution is -0.125. The summed E-state index contributed by atoms with van der Waals surface area (Å²) in [6.45, 7) is 1.82. The molecule has 8 nitrogen and oxygen atoms in total. The Morgan fingerprint density at radius 1 is 1.06 bits per heavy atom. The first kappa shape index (κ1) is 22.2. The van der Waals surface area contributed by atoms with Crippen molar-refractivity contribution in [1.82, 2.24) is 10.2 Å². The summed E-state index contributed by atoms with van der Waals surface area (Å²) in [6, 6.07) is 13.4. The molecule has 168 valence electrons. The third-order valence-electron chi connectivity index (χ3n) is 4.91. The van der Waals surface area contributed by atoms with E-state index in [1.807, 2.05) is 0 Å². The molecule has 4 rings (SSSR count). The van der Waals surface area contributed by atoms with Crippen LogP contribution >= 0.6 is 11.3 Å². The molecule has 1 aliphatic heterocycles. The Kier molecular flexibility index (Phi) is 6.18. The average molecular weight is 466 g/mol. The van der Waals surface area contributed by atoms with E-state index in [0.717, 1.165) is 22.3 Å². The van der Waals surface area contributed by atoms with Gasteiger partial charge in [0, 0.05) is 11.3 Å². The van der Waals surface area contributed by atoms with E-state index in [4.69, 9.17) is 0 Å². The van der Waals surface area contributed by atoms with E-state index >= 15 is 0 Å². The van der Waals surface area contributed by atoms with E-state index in [0.29, 0.717) is 26.7 Å². The number of nitrogens with zero attached hydrogens (tertiary/aromatic N) is 1. The van der Waals surface area contributed by atoms with Gasteiger partial charge >= 0.3 is 6.03 Å². The van der Waals surface area contributed by atoms with E-state index in [1.165, 1.54) is 18.2 Å². The van der Waals surface area contributed by atoms with Crippen LogP contribution in [0.15, 0.2) is 54.6 Å². The molecule has 33 heavy (non-hydrogen) atoms. The van der Waals surface area contributed by atoms with Crippen LogP contribution in [0.2, 0.25) is 0 Å². The minimum absolute atomic E-state index is 0.0228. The van der Waals surface area contributed by atoms with Crippen molar-refractivity contribution < 1.29 is 23.6 Å². The number of aryl methyl sites for hydroxylation is 1. The Labute approximate surface area is 192 Å². The van der Waals surface area contributed by atoms with Crippen molar-refractivity contribution in [3.8, 4) is 0 Å². The molecule has 10 heteroatoms. The molecular weight excluding hydrogens is 447 g/mol. The molecule has 1 saturated heterocycles. The summed E-state index contributed by atoms with van der Waals surface area (Å²) in [7, 11) is 0. The number of urea groups is 1. The minimum atomic E-state index is -0.512. The van der Waals surface area contributed by atoms with Crippen molar-refractivity contribution >= 4 is 45.8 Å². The first-order valence-corrected chi connectivity index (χ1v) is 10.8. The number of hydrogen-bond acceptors (Lipinski definition) is 5. The molecule has 0 atom stereocenters. The molecule has 2 heterocycles. The summed E-state index contributed by atoms with van der Waals surface area (Å²) in [4.78, 5) is 50.2. The van der Waals surface area contributed by atoms with Gasteiger partial charge in [-0.25, -0.2) is 9.18 Å². The summed E-state index contributed by atoms with van der Waals surface area (Å²) >= 11 is 1.10. The Morgan fingerprint density at radius 2 is 1.85 bits per heavy atom. The molecule has 0 radical (unpaired) electrons. The van der Waals surface area contributed by atoms with Gasteiger partial charge in [0.1, 0.15) is 5.82 Å². The highest BCUT2D eigenvalue weighted by atomic mass is 32.1. The van der Waals surface area contributed by atoms with Crippen LogP contribution < -0.4 is 16.0 Å². The maximum atomic E-state index is 13.4. The fourth-order valence-corrected chi connectivity index (χ4v) is 4.28. The topological polar surface area (TPSA) is 108 Å². The van der Waals surface area contributed by atoms with Crippen LogP contribution in [-0.4, -0.2) is 35.2 Å². The minimum Gasteiger partial charge on any atom is -0.329 e. The van der Waals surface area contributed by atoms with Crippen LogP contribution in [0.4, 0.5) is 19.9 Å². The zero-order chi connectivity index (χ0) is 23.5. The number of carbonyl (C=O) groups is 4. The fourth-order valence-electron chi connectivity index (χ4n) is 3.32. The summed E-state index contributed by atoms with van der Waals surface area (Å²) in [5, 5.41) is 8.40. The van der Waals surface area contributed by atoms with Crippen molar-refractivity contribution in [3.63, 3.8) is 0 Å². The Bertz CT molecular complexity index is 1260. The normalized spacial score (nSPS) is 13.1. The quantitative estimate of drug-likeness (QED) is 0.481. The monoisotopic (exact) mass is 466 g/mol. The summed E-state index contributed by atoms with van der Waals surface area (Å²) in [5.74, 6) is -1.66. The van der Waals surface area contributed by atoms with Crippen molar-refractivity contribution in [2.45, 2.75) is 13.5 Å². The fraction of sp³-hybridized carbons (Fsp3) is 0.130. The SMILES string of the molecule is Cc1cc(NC(=O)c2cccc(F)c2)sc1C(=O)Nc1cccc(CN2C(=O)CNC2=O)c1. The van der Waals surface area contributed by atoms with E-state index in [1.54, 1.807) is 37.3 Å². The number of anilines is 2. The van der Waals surface area contributed by atoms with E-state index < -0.39 is 17.8 Å². The Morgan fingerprint density at radius 3 is 2.58 bits per heavy atom. The number of nitrogens with one attached hydrogen (secondary N) is 3. The van der Waals surface area contributed by atoms with Gasteiger partial charge in [0.2, 0.25) is 5.91 Å². The molecular formula is C23H19FN4O4S. The second-order valence-corrected chi connectivity index (χ2v) is 8.43. The molecule has 5 amide bonds. The van der Waals surface area contributed by atoms with Crippen molar-refractivity contribution in [3.05, 3.63) is 82.0 Å². The van der Waals surface area contributed by atoms with Crippen molar-refractivity contribution in [1.29, 1.82) is 0 Å². The third kappa shape index (κ3) is 5.07. The molecule has 0 bridgehead atoms. The Balaban J connectivity index is 1.44. The highest BCUT2D eigenvalue weighted by Crippen LogP contribution is 2.28. The van der Waals surface area contributed by atoms with Crippen LogP contribution in [0.3, 0.4) is 0 Å². The number of rotatable bonds is 6. The van der Waals surface area contributed by atoms with E-state index in [-0.39, 0.29) is 30.5 Å². The number of halogens is 1. The summed E-state index contributed by atoms with van der Waals surface area (Å²) in [5.41, 5.74) is 2.03. The van der Waals surface area contributed by atoms with Gasteiger partial charge in [0.05, 0.1) is 23.0 Å². The van der Waals surface area contributed by atoms with Crippen molar-refractivity contribution in [2.24, 2.45) is 0 Å². The molecule has 1 fully saturated rings. The van der Waals surface area contributed by atoms with Gasteiger partial charge in [0.15, 0.2) is 0 Å². The van der Waals surface area contributed by atoms with Gasteiger partial charge < -0.3 is 16.0 Å². The summed E-state index contributed by atoms with van der Waals surface area (Å²) in [6.07, 6.45) is 0. The molecule has 0 spiro atoms. The lowest BCUT2D eigenvalue weighted by Gasteiger charge is -2.13. The van der Waals surface area contributed by atoms with Gasteiger partial charge in [-0.3, -0.25) is 19.3 Å². The Hall–Kier alpha value is -4.05. The molecule has 2 aromatic carbocycles. The number of imide groups is 1. The number of hydrogen-bond donors (Lipinski definition) is 3. The largest absolute Gasteiger partial charge is 0.329 e. The predicted molar refractivity (Wildman–Crippen MR) is 122 cm³/mol. The highest BCUT2D eigenvalue weighted by Gasteiger charge is 2.28. The van der Waals surface area contributed by atoms with Crippen LogP contribution in [0.25, 0.3) is 0 Å². The molecule has 3 N–H and O–H groups in total. The second-order valence-electron chi connectivity index (χ2n) is 7.38. The van der Waals surface area contributed by atoms with Crippen molar-refractivity contribution in [2.75, 3.05) is 17.2 Å². The zero-order valence-corrected chi connectivity index (χ0v) is 18.3. The number of amides is 5. The molecule has 3 aromatic rings. The standard InChI is InChI=1S/C23H19FN4O4S/c1-13-8-18(27-21(30)15-5-3-6-16(24)10-15)33-20(13)22(31)26-17-7-2-4-14(9-17)12-28-19(29)11-25-23(28)32/h2-10H,11-12H2,1H3,(H,25,32)(H,26,31)(H,27,30). The van der Waals surface area contributed by atoms with Crippen LogP contribution in [0.1, 0.15) is 31.2 Å². The molecule has 0 aliphatic carbocycles. The maximum Gasteiger partial charge on any atom is 0.324 e. The van der Waals surface area contributed by atoms with Gasteiger partial charge in [-0.2, -0.15) is 0 Å². The molecule has 1 aromatic heterocycles. The predicted octanol–water partition coefficient (Wildman–Crippen LogP) is 3.75. The van der Waals surface area contributed by atoms with Crippen LogP contribution in [0.5, 0.6) is 0 Å². The molecule has 0 unspecified atom stereocenters. The van der Waals surface area contributed by atoms with Gasteiger partial charge in [-0.1, -0.05) is 18.2 Å². The smallest absolute Gasteiger partial charge is 0.324 e. The second kappa shape index (κ2) is 9.21. The number of thiophene rings is 1. The lowest BCUT2D eigenvalue weighted by atomic mass is 10.2. The van der Waals surface area contributed by atoms with Gasteiger partial charge in [-0.15, -0.1) is 11.3 Å². The van der Waals surface area contributed by atoms with E-state index in [9.17, 15) is 23.6 Å². The van der Waals surface area contributed by atoms with Gasteiger partial charge in [0.25, 0.3) is 11.8 Å². The zero-order valence-electron chi connectivity index (χ0n) is 17.5. The van der Waals surface area contributed by atoms with Crippen LogP contribution in [-0.2, 0) is 11.3 Å². The first-order valence-electron chi connectivity index (χ1n) is 9.96. The van der Waals surface area contributed by atoms with E-state index in [2.05, 4.69) is 16.0 Å². The lowest BCUT2D eigenvalue weighted by Crippen LogP contribution is -2.30. The first-order chi connectivity index (χ1) is 15.8. The average Bonchev–Trinajstić information content (AvgIpc) is 3.30. The molecule has 0 saturated carbocycles. The maximum absolute atomic E-state index is 13.4. The summed E-state index contributed by atoms with van der Waals surface area (Å²) < 4.78 is 13.4. The highest BCUT2D eigenvalue weighted by molar-refractivity contribution is 7.18. The third-order valence-corrected chi connectivity index (χ3v) is 6.06. The molecule has 1 aliphatic rings. The number of carbonyl (C=O) groups excluding carboxylic acids is 4. The number of benzene rings is 2.